The third kappa shape index (κ3) is 4.76. The molecule has 0 unspecified atom stereocenters. The van der Waals surface area contributed by atoms with Crippen LogP contribution in [0.5, 0.6) is 0 Å². The number of rotatable bonds is 5. The fourth-order valence-electron chi connectivity index (χ4n) is 4.38. The Morgan fingerprint density at radius 3 is 2.65 bits per heavy atom. The van der Waals surface area contributed by atoms with E-state index in [2.05, 4.69) is 50.2 Å². The van der Waals surface area contributed by atoms with E-state index in [4.69, 9.17) is 8.94 Å². The Morgan fingerprint density at radius 2 is 1.97 bits per heavy atom. The number of carbonyl (C=O) groups excluding carboxylic acids is 1. The molecule has 3 heterocycles. The predicted octanol–water partition coefficient (Wildman–Crippen LogP) is 6.03. The molecule has 1 amide bonds. The van der Waals surface area contributed by atoms with Crippen LogP contribution in [-0.2, 0) is 11.8 Å². The molecule has 31 heavy (non-hydrogen) atoms. The molecule has 0 aliphatic carbocycles. The normalized spacial score (nSPS) is 17.2. The predicted molar refractivity (Wildman–Crippen MR) is 121 cm³/mol. The number of likely N-dealkylation sites (tertiary alicyclic amines) is 1. The van der Waals surface area contributed by atoms with E-state index in [0.29, 0.717) is 28.7 Å². The van der Waals surface area contributed by atoms with Crippen molar-refractivity contribution in [3.8, 4) is 11.5 Å². The monoisotopic (exact) mass is 420 g/mol. The van der Waals surface area contributed by atoms with Crippen molar-refractivity contribution < 1.29 is 13.7 Å². The first-order chi connectivity index (χ1) is 14.8. The maximum absolute atomic E-state index is 13.3. The molecular weight excluding hydrogens is 388 g/mol. The van der Waals surface area contributed by atoms with Crippen molar-refractivity contribution >= 4 is 5.91 Å². The van der Waals surface area contributed by atoms with Crippen molar-refractivity contribution in [2.45, 2.75) is 58.8 Å². The van der Waals surface area contributed by atoms with Crippen molar-refractivity contribution in [3.05, 3.63) is 65.0 Å². The summed E-state index contributed by atoms with van der Waals surface area (Å²) >= 11 is 0. The zero-order valence-electron chi connectivity index (χ0n) is 19.0. The maximum atomic E-state index is 13.3. The van der Waals surface area contributed by atoms with Gasteiger partial charge in [0, 0.05) is 13.1 Å². The van der Waals surface area contributed by atoms with Gasteiger partial charge in [-0.25, -0.2) is 0 Å². The Labute approximate surface area is 184 Å². The molecule has 1 aliphatic rings. The lowest BCUT2D eigenvalue weighted by atomic mass is 9.86. The summed E-state index contributed by atoms with van der Waals surface area (Å²) < 4.78 is 10.9. The van der Waals surface area contributed by atoms with Gasteiger partial charge in [0.25, 0.3) is 5.91 Å². The van der Waals surface area contributed by atoms with Gasteiger partial charge in [-0.15, -0.1) is 0 Å². The Morgan fingerprint density at radius 1 is 1.19 bits per heavy atom. The molecular formula is C26H32N2O3. The molecule has 0 N–H and O–H groups in total. The van der Waals surface area contributed by atoms with Gasteiger partial charge in [-0.05, 0) is 67.2 Å². The van der Waals surface area contributed by atoms with Crippen LogP contribution in [-0.4, -0.2) is 29.1 Å². The number of benzene rings is 1. The van der Waals surface area contributed by atoms with Gasteiger partial charge in [-0.2, -0.15) is 0 Å². The molecule has 0 radical (unpaired) electrons. The zero-order valence-corrected chi connectivity index (χ0v) is 19.0. The van der Waals surface area contributed by atoms with E-state index in [1.54, 1.807) is 18.4 Å². The Hall–Kier alpha value is -2.82. The van der Waals surface area contributed by atoms with Crippen LogP contribution < -0.4 is 0 Å². The fraction of sp³-hybridized carbons (Fsp3) is 0.462. The molecule has 1 aromatic carbocycles. The van der Waals surface area contributed by atoms with Crippen LogP contribution >= 0.6 is 0 Å². The second kappa shape index (κ2) is 8.74. The number of nitrogens with zero attached hydrogens (tertiary/aromatic N) is 2. The first kappa shape index (κ1) is 21.4. The average Bonchev–Trinajstić information content (AvgIpc) is 3.41. The van der Waals surface area contributed by atoms with Crippen LogP contribution in [0.2, 0.25) is 0 Å². The van der Waals surface area contributed by atoms with E-state index >= 15 is 0 Å². The van der Waals surface area contributed by atoms with Crippen LogP contribution in [0.25, 0.3) is 11.5 Å². The highest BCUT2D eigenvalue weighted by molar-refractivity contribution is 6.00. The van der Waals surface area contributed by atoms with E-state index in [-0.39, 0.29) is 11.3 Å². The third-order valence-electron chi connectivity index (χ3n) is 6.29. The van der Waals surface area contributed by atoms with Gasteiger partial charge >= 0.3 is 0 Å². The Bertz CT molecular complexity index is 1010. The molecule has 164 valence electrons. The lowest BCUT2D eigenvalue weighted by molar-refractivity contribution is 0.0667. The number of amides is 1. The van der Waals surface area contributed by atoms with Crippen LogP contribution in [0.3, 0.4) is 0 Å². The topological polar surface area (TPSA) is 59.5 Å². The van der Waals surface area contributed by atoms with Crippen LogP contribution in [0.1, 0.15) is 67.2 Å². The Kier molecular flexibility index (Phi) is 6.03. The Balaban J connectivity index is 1.40. The minimum absolute atomic E-state index is 0.00983. The number of hydrogen-bond donors (Lipinski definition) is 0. The summed E-state index contributed by atoms with van der Waals surface area (Å²) in [5.41, 5.74) is 4.04. The van der Waals surface area contributed by atoms with Crippen LogP contribution in [0, 0.1) is 12.8 Å². The van der Waals surface area contributed by atoms with Gasteiger partial charge in [0.2, 0.25) is 5.76 Å². The highest BCUT2D eigenvalue weighted by Gasteiger charge is 2.30. The average molecular weight is 421 g/mol. The van der Waals surface area contributed by atoms with E-state index in [0.717, 1.165) is 38.8 Å². The molecule has 5 nitrogen and oxygen atoms in total. The van der Waals surface area contributed by atoms with Gasteiger partial charge in [0.1, 0.15) is 5.56 Å². The second-order valence-corrected chi connectivity index (χ2v) is 9.69. The van der Waals surface area contributed by atoms with Crippen molar-refractivity contribution in [2.24, 2.45) is 5.92 Å². The van der Waals surface area contributed by atoms with Gasteiger partial charge in [-0.3, -0.25) is 4.79 Å². The highest BCUT2D eigenvalue weighted by atomic mass is 16.5. The number of aryl methyl sites for hydroxylation is 2. The van der Waals surface area contributed by atoms with Crippen LogP contribution in [0.15, 0.2) is 51.6 Å². The largest absolute Gasteiger partial charge is 0.461 e. The SMILES string of the molecule is Cc1noc(-c2ccco2)c1C(=O)N1CCC[C@@H](CCc2ccc(C(C)(C)C)cc2)C1. The van der Waals surface area contributed by atoms with Crippen molar-refractivity contribution in [2.75, 3.05) is 13.1 Å². The summed E-state index contributed by atoms with van der Waals surface area (Å²) in [5, 5.41) is 4.03. The molecule has 3 aromatic rings. The summed E-state index contributed by atoms with van der Waals surface area (Å²) in [6.45, 7) is 10.1. The molecule has 4 rings (SSSR count). The number of piperidine rings is 1. The molecule has 1 aliphatic heterocycles. The van der Waals surface area contributed by atoms with E-state index in [1.807, 2.05) is 11.8 Å². The molecule has 1 fully saturated rings. The van der Waals surface area contributed by atoms with Gasteiger partial charge < -0.3 is 13.8 Å². The van der Waals surface area contributed by atoms with Crippen molar-refractivity contribution in [3.63, 3.8) is 0 Å². The highest BCUT2D eigenvalue weighted by Crippen LogP contribution is 2.30. The molecule has 5 heteroatoms. The summed E-state index contributed by atoms with van der Waals surface area (Å²) in [7, 11) is 0. The number of hydrogen-bond acceptors (Lipinski definition) is 4. The summed E-state index contributed by atoms with van der Waals surface area (Å²) in [5.74, 6) is 1.46. The molecule has 0 bridgehead atoms. The lowest BCUT2D eigenvalue weighted by Gasteiger charge is -2.33. The van der Waals surface area contributed by atoms with E-state index in [9.17, 15) is 4.79 Å². The lowest BCUT2D eigenvalue weighted by Crippen LogP contribution is -2.40. The maximum Gasteiger partial charge on any atom is 0.259 e. The molecule has 0 saturated carbocycles. The van der Waals surface area contributed by atoms with Gasteiger partial charge in [-0.1, -0.05) is 50.2 Å². The van der Waals surface area contributed by atoms with Crippen LogP contribution in [0.4, 0.5) is 0 Å². The summed E-state index contributed by atoms with van der Waals surface area (Å²) in [6, 6.07) is 12.6. The first-order valence-corrected chi connectivity index (χ1v) is 11.2. The zero-order chi connectivity index (χ0) is 22.0. The summed E-state index contributed by atoms with van der Waals surface area (Å²) in [4.78, 5) is 15.3. The molecule has 2 aromatic heterocycles. The minimum Gasteiger partial charge on any atom is -0.461 e. The van der Waals surface area contributed by atoms with Crippen molar-refractivity contribution in [1.29, 1.82) is 0 Å². The smallest absolute Gasteiger partial charge is 0.259 e. The second-order valence-electron chi connectivity index (χ2n) is 9.69. The number of carbonyl (C=O) groups is 1. The number of aromatic nitrogens is 1. The fourth-order valence-corrected chi connectivity index (χ4v) is 4.38. The third-order valence-corrected chi connectivity index (χ3v) is 6.29. The van der Waals surface area contributed by atoms with Crippen molar-refractivity contribution in [1.82, 2.24) is 10.1 Å². The molecule has 1 saturated heterocycles. The number of furan rings is 1. The molecule has 0 spiro atoms. The summed E-state index contributed by atoms with van der Waals surface area (Å²) in [6.07, 6.45) is 5.90. The first-order valence-electron chi connectivity index (χ1n) is 11.2. The molecule has 1 atom stereocenters. The van der Waals surface area contributed by atoms with E-state index < -0.39 is 0 Å². The van der Waals surface area contributed by atoms with E-state index in [1.165, 1.54) is 11.1 Å². The quantitative estimate of drug-likeness (QED) is 0.506. The standard InChI is InChI=1S/C26H32N2O3/c1-18-23(24(31-27-18)22-8-6-16-30-22)25(29)28-15-5-7-20(17-28)10-9-19-11-13-21(14-12-19)26(2,3)4/h6,8,11-14,16,20H,5,7,9-10,15,17H2,1-4H3/t20-/m0/s1. The van der Waals surface area contributed by atoms with Gasteiger partial charge in [0.05, 0.1) is 12.0 Å². The minimum atomic E-state index is -0.00983. The van der Waals surface area contributed by atoms with Gasteiger partial charge in [0.15, 0.2) is 5.76 Å².